The lowest BCUT2D eigenvalue weighted by molar-refractivity contribution is -0.134. The number of carbonyl (C=O) groups is 1. The molecule has 0 aliphatic rings. The Morgan fingerprint density at radius 2 is 1.04 bits per heavy atom. The van der Waals surface area contributed by atoms with Gasteiger partial charge in [-0.2, -0.15) is 0 Å². The lowest BCUT2D eigenvalue weighted by atomic mass is 10.7. The van der Waals surface area contributed by atoms with Crippen LogP contribution in [0.25, 0.3) is 0 Å². The molecule has 0 rings (SSSR count). The summed E-state index contributed by atoms with van der Waals surface area (Å²) in [6.07, 6.45) is 1.11. The summed E-state index contributed by atoms with van der Waals surface area (Å²) in [5, 5.41) is 15.2. The molecular weight excluding hydrogens is 320 g/mol. The number of rotatable bonds is 4. The molecule has 152 valence electrons. The average molecular weight is 363 g/mol. The molecular formula is C20H42O5. The molecule has 0 aliphatic heterocycles. The van der Waals surface area contributed by atoms with Crippen LogP contribution in [-0.2, 0) is 14.3 Å². The Kier molecular flexibility index (Phi) is 307. The normalized spacial score (nSPS) is 5.32. The quantitative estimate of drug-likeness (QED) is 0.441. The first-order valence-corrected chi connectivity index (χ1v) is 7.14. The van der Waals surface area contributed by atoms with Crippen molar-refractivity contribution in [3.8, 4) is 0 Å². The van der Waals surface area contributed by atoms with Crippen molar-refractivity contribution in [2.45, 2.75) is 13.8 Å². The molecule has 0 saturated carbocycles. The summed E-state index contributed by atoms with van der Waals surface area (Å²) in [4.78, 5) is 9.84. The number of aliphatic hydroxyl groups excluding tert-OH is 2. The highest BCUT2D eigenvalue weighted by Crippen LogP contribution is 1.67. The summed E-state index contributed by atoms with van der Waals surface area (Å²) >= 11 is 0. The SMILES string of the molecule is C=C.C=C.C=C.C=C.C=C.C=CC(=O)OC.CCOCC.OCCO. The molecule has 0 spiro atoms. The number of methoxy groups -OCH3 is 1. The molecule has 0 heterocycles. The summed E-state index contributed by atoms with van der Waals surface area (Å²) in [6, 6.07) is 0. The van der Waals surface area contributed by atoms with Crippen molar-refractivity contribution in [3.05, 3.63) is 78.4 Å². The molecule has 0 unspecified atom stereocenters. The third kappa shape index (κ3) is 372. The van der Waals surface area contributed by atoms with Crippen LogP contribution in [0.4, 0.5) is 0 Å². The summed E-state index contributed by atoms with van der Waals surface area (Å²) in [5.41, 5.74) is 0. The minimum Gasteiger partial charge on any atom is -0.466 e. The maximum Gasteiger partial charge on any atom is 0.329 e. The first-order valence-electron chi connectivity index (χ1n) is 7.14. The van der Waals surface area contributed by atoms with E-state index in [9.17, 15) is 4.79 Å². The van der Waals surface area contributed by atoms with Crippen molar-refractivity contribution in [3.63, 3.8) is 0 Å². The number of carbonyl (C=O) groups excluding carboxylic acids is 1. The molecule has 2 N–H and O–H groups in total. The zero-order valence-corrected chi connectivity index (χ0v) is 16.8. The molecule has 0 amide bonds. The van der Waals surface area contributed by atoms with E-state index in [2.05, 4.69) is 77.1 Å². The second-order valence-corrected chi connectivity index (χ2v) is 1.96. The molecule has 0 saturated heterocycles. The highest BCUT2D eigenvalue weighted by atomic mass is 16.5. The summed E-state index contributed by atoms with van der Waals surface area (Å²) in [6.45, 7) is 38.6. The van der Waals surface area contributed by atoms with Crippen LogP contribution in [-0.4, -0.2) is 49.7 Å². The first-order chi connectivity index (χ1) is 12.1. The molecule has 25 heavy (non-hydrogen) atoms. The fourth-order valence-electron chi connectivity index (χ4n) is 0.287. The van der Waals surface area contributed by atoms with E-state index in [-0.39, 0.29) is 13.2 Å². The summed E-state index contributed by atoms with van der Waals surface area (Å²) in [5.74, 6) is -0.394. The van der Waals surface area contributed by atoms with Gasteiger partial charge in [-0.25, -0.2) is 4.79 Å². The minimum absolute atomic E-state index is 0.125. The zero-order chi connectivity index (χ0) is 22.5. The number of hydrogen-bond donors (Lipinski definition) is 2. The predicted octanol–water partition coefficient (Wildman–Crippen LogP) is 4.37. The van der Waals surface area contributed by atoms with Crippen LogP contribution in [0.2, 0.25) is 0 Å². The smallest absolute Gasteiger partial charge is 0.329 e. The zero-order valence-electron chi connectivity index (χ0n) is 16.8. The Morgan fingerprint density at radius 3 is 1.04 bits per heavy atom. The lowest BCUT2D eigenvalue weighted by Gasteiger charge is -1.86. The Bertz CT molecular complexity index is 169. The number of esters is 1. The summed E-state index contributed by atoms with van der Waals surface area (Å²) < 4.78 is 8.98. The van der Waals surface area contributed by atoms with E-state index in [1.807, 2.05) is 13.8 Å². The van der Waals surface area contributed by atoms with Gasteiger partial charge in [0.2, 0.25) is 0 Å². The second-order valence-electron chi connectivity index (χ2n) is 1.96. The first kappa shape index (κ1) is 49.5. The highest BCUT2D eigenvalue weighted by Gasteiger charge is 1.81. The molecule has 5 nitrogen and oxygen atoms in total. The Morgan fingerprint density at radius 1 is 0.800 bits per heavy atom. The van der Waals surface area contributed by atoms with Crippen molar-refractivity contribution in [2.24, 2.45) is 0 Å². The van der Waals surface area contributed by atoms with E-state index in [0.29, 0.717) is 0 Å². The van der Waals surface area contributed by atoms with Crippen LogP contribution in [0.1, 0.15) is 13.8 Å². The van der Waals surface area contributed by atoms with Gasteiger partial charge in [-0.15, -0.1) is 65.8 Å². The summed E-state index contributed by atoms with van der Waals surface area (Å²) in [7, 11) is 1.31. The van der Waals surface area contributed by atoms with Gasteiger partial charge in [0.1, 0.15) is 0 Å². The number of ether oxygens (including phenoxy) is 2. The highest BCUT2D eigenvalue weighted by molar-refractivity contribution is 5.80. The predicted molar refractivity (Wildman–Crippen MR) is 115 cm³/mol. The van der Waals surface area contributed by atoms with Crippen molar-refractivity contribution in [1.29, 1.82) is 0 Å². The van der Waals surface area contributed by atoms with E-state index < -0.39 is 5.97 Å². The van der Waals surface area contributed by atoms with E-state index in [4.69, 9.17) is 14.9 Å². The third-order valence-electron chi connectivity index (χ3n) is 0.876. The van der Waals surface area contributed by atoms with E-state index in [1.54, 1.807) is 0 Å². The Hall–Kier alpha value is -2.21. The van der Waals surface area contributed by atoms with Crippen LogP contribution in [0.5, 0.6) is 0 Å². The number of hydrogen-bond acceptors (Lipinski definition) is 5. The molecule has 0 bridgehead atoms. The molecule has 0 aliphatic carbocycles. The molecule has 0 radical (unpaired) electrons. The van der Waals surface area contributed by atoms with E-state index in [0.717, 1.165) is 19.3 Å². The van der Waals surface area contributed by atoms with Gasteiger partial charge in [-0.05, 0) is 13.8 Å². The van der Waals surface area contributed by atoms with Crippen LogP contribution in [0, 0.1) is 0 Å². The van der Waals surface area contributed by atoms with Gasteiger partial charge in [0.05, 0.1) is 20.3 Å². The lowest BCUT2D eigenvalue weighted by Crippen LogP contribution is -1.91. The van der Waals surface area contributed by atoms with E-state index >= 15 is 0 Å². The second kappa shape index (κ2) is 155. The van der Waals surface area contributed by atoms with Crippen LogP contribution >= 0.6 is 0 Å². The Labute approximate surface area is 157 Å². The fourth-order valence-corrected chi connectivity index (χ4v) is 0.287. The van der Waals surface area contributed by atoms with Gasteiger partial charge in [0.15, 0.2) is 0 Å². The molecule has 5 heteroatoms. The van der Waals surface area contributed by atoms with Crippen LogP contribution < -0.4 is 0 Å². The van der Waals surface area contributed by atoms with Gasteiger partial charge in [-0.1, -0.05) is 6.58 Å². The van der Waals surface area contributed by atoms with Crippen molar-refractivity contribution < 1.29 is 24.5 Å². The van der Waals surface area contributed by atoms with Crippen LogP contribution in [0.3, 0.4) is 0 Å². The van der Waals surface area contributed by atoms with Gasteiger partial charge < -0.3 is 19.7 Å². The maximum absolute atomic E-state index is 9.84. The molecule has 0 fully saturated rings. The van der Waals surface area contributed by atoms with Gasteiger partial charge in [-0.3, -0.25) is 0 Å². The van der Waals surface area contributed by atoms with E-state index in [1.165, 1.54) is 7.11 Å². The van der Waals surface area contributed by atoms with Crippen molar-refractivity contribution in [1.82, 2.24) is 0 Å². The van der Waals surface area contributed by atoms with Gasteiger partial charge >= 0.3 is 5.97 Å². The van der Waals surface area contributed by atoms with Gasteiger partial charge in [0, 0.05) is 19.3 Å². The topological polar surface area (TPSA) is 76.0 Å². The average Bonchev–Trinajstić information content (AvgIpc) is 2.75. The molecule has 0 aromatic rings. The van der Waals surface area contributed by atoms with Gasteiger partial charge in [0.25, 0.3) is 0 Å². The Balaban J connectivity index is -0.0000000233. The molecule has 0 aromatic heterocycles. The molecule has 0 atom stereocenters. The van der Waals surface area contributed by atoms with Crippen molar-refractivity contribution >= 4 is 5.97 Å². The largest absolute Gasteiger partial charge is 0.466 e. The maximum atomic E-state index is 9.84. The third-order valence-corrected chi connectivity index (χ3v) is 0.876. The molecule has 0 aromatic carbocycles. The minimum atomic E-state index is -0.394. The monoisotopic (exact) mass is 362 g/mol. The fraction of sp³-hybridized carbons (Fsp3) is 0.350. The standard InChI is InChI=1S/C4H6O2.C4H10O.C2H6O2.5C2H4/c1-3-4(5)6-2;1-3-5-4-2;3-1-2-4;5*1-2/h3H,1H2,2H3;3-4H2,1-2H3;3-4H,1-2H2;5*1-2H2. The number of aliphatic hydroxyl groups is 2. The van der Waals surface area contributed by atoms with Crippen LogP contribution in [0.15, 0.2) is 78.4 Å². The van der Waals surface area contributed by atoms with Crippen molar-refractivity contribution in [2.75, 3.05) is 33.5 Å².